The van der Waals surface area contributed by atoms with Gasteiger partial charge in [0.2, 0.25) is 5.13 Å². The number of hydrogen-bond acceptors (Lipinski definition) is 7. The summed E-state index contributed by atoms with van der Waals surface area (Å²) >= 11 is 2.97. The summed E-state index contributed by atoms with van der Waals surface area (Å²) in [4.78, 5) is 19.2. The lowest BCUT2D eigenvalue weighted by atomic mass is 9.85. The highest BCUT2D eigenvalue weighted by Gasteiger charge is 2.28. The van der Waals surface area contributed by atoms with Crippen molar-refractivity contribution < 1.29 is 4.79 Å². The van der Waals surface area contributed by atoms with Gasteiger partial charge in [-0.15, -0.1) is 21.5 Å². The van der Waals surface area contributed by atoms with Crippen LogP contribution in [0, 0.1) is 6.92 Å². The molecule has 166 valence electrons. The van der Waals surface area contributed by atoms with Gasteiger partial charge >= 0.3 is 0 Å². The third-order valence-electron chi connectivity index (χ3n) is 5.66. The van der Waals surface area contributed by atoms with E-state index in [4.69, 9.17) is 4.98 Å². The molecule has 0 aliphatic heterocycles. The second-order valence-corrected chi connectivity index (χ2v) is 10.2. The van der Waals surface area contributed by atoms with Gasteiger partial charge in [-0.25, -0.2) is 4.98 Å². The van der Waals surface area contributed by atoms with Crippen molar-refractivity contribution in [3.63, 3.8) is 0 Å². The topological polar surface area (TPSA) is 85.6 Å². The molecule has 4 aromatic heterocycles. The molecule has 0 aliphatic rings. The Hall–Kier alpha value is -3.43. The second-order valence-electron chi connectivity index (χ2n) is 8.30. The lowest BCUT2D eigenvalue weighted by Gasteiger charge is -2.21. The van der Waals surface area contributed by atoms with Gasteiger partial charge in [-0.1, -0.05) is 47.7 Å². The van der Waals surface area contributed by atoms with Gasteiger partial charge in [0.05, 0.1) is 27.2 Å². The van der Waals surface area contributed by atoms with E-state index >= 15 is 0 Å². The monoisotopic (exact) mass is 474 g/mol. The molecule has 0 fully saturated rings. The molecule has 9 heteroatoms. The zero-order chi connectivity index (χ0) is 23.2. The predicted molar refractivity (Wildman–Crippen MR) is 133 cm³/mol. The number of rotatable bonds is 5. The number of nitrogens with zero attached hydrogens (tertiary/aromatic N) is 5. The molecule has 0 saturated heterocycles. The molecule has 33 heavy (non-hydrogen) atoms. The van der Waals surface area contributed by atoms with Gasteiger partial charge in [-0.3, -0.25) is 14.8 Å². The van der Waals surface area contributed by atoms with E-state index in [1.807, 2.05) is 55.7 Å². The highest BCUT2D eigenvalue weighted by Crippen LogP contribution is 2.35. The van der Waals surface area contributed by atoms with E-state index in [9.17, 15) is 4.79 Å². The summed E-state index contributed by atoms with van der Waals surface area (Å²) in [5, 5.41) is 20.1. The molecule has 0 saturated carbocycles. The van der Waals surface area contributed by atoms with E-state index in [0.717, 1.165) is 32.2 Å². The molecule has 0 radical (unpaired) electrons. The molecule has 5 aromatic rings. The summed E-state index contributed by atoms with van der Waals surface area (Å²) < 4.78 is 1.71. The number of nitrogens with one attached hydrogen (secondary N) is 1. The molecule has 7 nitrogen and oxygen atoms in total. The Bertz CT molecular complexity index is 1450. The number of aromatic nitrogens is 5. The van der Waals surface area contributed by atoms with Crippen LogP contribution in [0.5, 0.6) is 0 Å². The number of carbonyl (C=O) groups is 1. The van der Waals surface area contributed by atoms with Crippen molar-refractivity contribution in [1.29, 1.82) is 0 Å². The SMILES string of the molecule is Cc1nn(C)c2nc(-c3cccs3)cc(C(=O)Nc3nnc(C(C)(C)c4ccccc4)s3)c12. The summed E-state index contributed by atoms with van der Waals surface area (Å²) in [5.74, 6) is -0.253. The normalized spacial score (nSPS) is 11.8. The van der Waals surface area contributed by atoms with Crippen LogP contribution in [0.25, 0.3) is 21.6 Å². The van der Waals surface area contributed by atoms with Gasteiger partial charge in [-0.05, 0) is 43.8 Å². The van der Waals surface area contributed by atoms with Crippen LogP contribution in [0.1, 0.15) is 40.5 Å². The second kappa shape index (κ2) is 8.17. The Morgan fingerprint density at radius 1 is 1.09 bits per heavy atom. The Kier molecular flexibility index (Phi) is 5.30. The average Bonchev–Trinajstić information content (AvgIpc) is 3.56. The van der Waals surface area contributed by atoms with Gasteiger partial charge in [0.1, 0.15) is 5.01 Å². The summed E-state index contributed by atoms with van der Waals surface area (Å²) in [6.45, 7) is 6.09. The van der Waals surface area contributed by atoms with E-state index in [2.05, 4.69) is 46.6 Å². The minimum atomic E-state index is -0.321. The minimum Gasteiger partial charge on any atom is -0.296 e. The van der Waals surface area contributed by atoms with Crippen LogP contribution in [-0.2, 0) is 12.5 Å². The van der Waals surface area contributed by atoms with Gasteiger partial charge in [0.15, 0.2) is 5.65 Å². The van der Waals surface area contributed by atoms with Gasteiger partial charge in [0, 0.05) is 12.5 Å². The number of fused-ring (bicyclic) bond motifs is 1. The molecule has 5 rings (SSSR count). The van der Waals surface area contributed by atoms with E-state index in [0.29, 0.717) is 16.3 Å². The van der Waals surface area contributed by atoms with Gasteiger partial charge in [0.25, 0.3) is 5.91 Å². The Labute approximate surface area is 199 Å². The molecular weight excluding hydrogens is 452 g/mol. The molecule has 1 N–H and O–H groups in total. The summed E-state index contributed by atoms with van der Waals surface area (Å²) in [6, 6.07) is 16.0. The van der Waals surface area contributed by atoms with Crippen LogP contribution in [-0.4, -0.2) is 30.9 Å². The van der Waals surface area contributed by atoms with E-state index in [-0.39, 0.29) is 11.3 Å². The predicted octanol–water partition coefficient (Wildman–Crippen LogP) is 5.43. The highest BCUT2D eigenvalue weighted by atomic mass is 32.1. The molecule has 1 aromatic carbocycles. The van der Waals surface area contributed by atoms with Crippen molar-refractivity contribution in [2.75, 3.05) is 5.32 Å². The smallest absolute Gasteiger partial charge is 0.258 e. The highest BCUT2D eigenvalue weighted by molar-refractivity contribution is 7.15. The van der Waals surface area contributed by atoms with Crippen molar-refractivity contribution in [2.24, 2.45) is 7.05 Å². The van der Waals surface area contributed by atoms with Crippen molar-refractivity contribution >= 4 is 44.7 Å². The van der Waals surface area contributed by atoms with Crippen molar-refractivity contribution in [1.82, 2.24) is 25.0 Å². The van der Waals surface area contributed by atoms with Crippen LogP contribution in [0.3, 0.4) is 0 Å². The Balaban J connectivity index is 1.50. The van der Waals surface area contributed by atoms with Crippen molar-refractivity contribution in [2.45, 2.75) is 26.2 Å². The van der Waals surface area contributed by atoms with Crippen molar-refractivity contribution in [3.05, 3.63) is 75.7 Å². The Morgan fingerprint density at radius 2 is 1.88 bits per heavy atom. The first-order valence-corrected chi connectivity index (χ1v) is 12.1. The lowest BCUT2D eigenvalue weighted by molar-refractivity contribution is 0.102. The zero-order valence-corrected chi connectivity index (χ0v) is 20.3. The summed E-state index contributed by atoms with van der Waals surface area (Å²) in [5.41, 5.74) is 3.51. The number of thiophene rings is 1. The fourth-order valence-corrected chi connectivity index (χ4v) is 5.39. The number of amides is 1. The first-order chi connectivity index (χ1) is 15.8. The third-order valence-corrected chi connectivity index (χ3v) is 7.72. The molecule has 0 unspecified atom stereocenters. The number of anilines is 1. The molecular formula is C24H22N6OS2. The molecule has 0 bridgehead atoms. The average molecular weight is 475 g/mol. The maximum atomic E-state index is 13.4. The summed E-state index contributed by atoms with van der Waals surface area (Å²) in [6.07, 6.45) is 0. The van der Waals surface area contributed by atoms with Crippen LogP contribution >= 0.6 is 22.7 Å². The molecule has 1 amide bonds. The Morgan fingerprint density at radius 3 is 2.61 bits per heavy atom. The maximum absolute atomic E-state index is 13.4. The van der Waals surface area contributed by atoms with Crippen LogP contribution in [0.15, 0.2) is 53.9 Å². The first-order valence-electron chi connectivity index (χ1n) is 10.4. The minimum absolute atomic E-state index is 0.253. The largest absolute Gasteiger partial charge is 0.296 e. The first kappa shape index (κ1) is 21.4. The third kappa shape index (κ3) is 3.83. The fraction of sp³-hybridized carbons (Fsp3) is 0.208. The number of benzene rings is 1. The zero-order valence-electron chi connectivity index (χ0n) is 18.7. The van der Waals surface area contributed by atoms with Gasteiger partial charge in [-0.2, -0.15) is 5.10 Å². The maximum Gasteiger partial charge on any atom is 0.258 e. The fourth-order valence-electron chi connectivity index (χ4n) is 3.84. The molecule has 0 spiro atoms. The van der Waals surface area contributed by atoms with Crippen LogP contribution in [0.4, 0.5) is 5.13 Å². The number of aryl methyl sites for hydroxylation is 2. The van der Waals surface area contributed by atoms with Crippen LogP contribution < -0.4 is 5.32 Å². The van der Waals surface area contributed by atoms with Crippen LogP contribution in [0.2, 0.25) is 0 Å². The van der Waals surface area contributed by atoms with E-state index in [1.54, 1.807) is 16.0 Å². The quantitative estimate of drug-likeness (QED) is 0.367. The van der Waals surface area contributed by atoms with Crippen molar-refractivity contribution in [3.8, 4) is 10.6 Å². The molecule has 4 heterocycles. The number of carbonyl (C=O) groups excluding carboxylic acids is 1. The molecule has 0 aliphatic carbocycles. The lowest BCUT2D eigenvalue weighted by Crippen LogP contribution is -2.18. The van der Waals surface area contributed by atoms with Gasteiger partial charge < -0.3 is 0 Å². The van der Waals surface area contributed by atoms with E-state index in [1.165, 1.54) is 11.3 Å². The van der Waals surface area contributed by atoms with E-state index < -0.39 is 0 Å². The number of pyridine rings is 1. The molecule has 0 atom stereocenters. The number of hydrogen-bond donors (Lipinski definition) is 1. The summed E-state index contributed by atoms with van der Waals surface area (Å²) in [7, 11) is 1.84. The standard InChI is InChI=1S/C24H22N6OS2/c1-14-19-16(13-17(18-11-8-12-32-18)25-20(19)30(4)29-14)21(31)26-23-28-27-22(33-23)24(2,3)15-9-6-5-7-10-15/h5-13H,1-4H3,(H,26,28,31).